The number of nitrogens with zero attached hydrogens (tertiary/aromatic N) is 3. The van der Waals surface area contributed by atoms with E-state index in [-0.39, 0.29) is 0 Å². The first-order chi connectivity index (χ1) is 8.52. The Bertz CT molecular complexity index is 591. The van der Waals surface area contributed by atoms with Crippen LogP contribution < -0.4 is 0 Å². The van der Waals surface area contributed by atoms with Crippen molar-refractivity contribution >= 4 is 21.3 Å². The molecule has 1 aliphatic carbocycles. The smallest absolute Gasteiger partial charge is 0.214 e. The van der Waals surface area contributed by atoms with Crippen molar-refractivity contribution < 1.29 is 4.21 Å². The summed E-state index contributed by atoms with van der Waals surface area (Å²) in [5.41, 5.74) is 0.871. The van der Waals surface area contributed by atoms with Gasteiger partial charge in [-0.15, -0.1) is 4.36 Å². The molecule has 1 aliphatic rings. The van der Waals surface area contributed by atoms with Crippen LogP contribution in [0.5, 0.6) is 0 Å². The minimum absolute atomic E-state index is 0.409. The van der Waals surface area contributed by atoms with E-state index < -0.39 is 14.5 Å². The SMILES string of the molecule is CS(=O)(=NC#N)C1(c2ccc(Cl)nc2)CCCC1. The normalized spacial score (nSPS) is 20.9. The first-order valence-corrected chi connectivity index (χ1v) is 8.04. The molecule has 0 N–H and O–H groups in total. The summed E-state index contributed by atoms with van der Waals surface area (Å²) in [4.78, 5) is 4.06. The Labute approximate surface area is 112 Å². The molecule has 0 amide bonds. The highest BCUT2D eigenvalue weighted by Gasteiger charge is 2.43. The second kappa shape index (κ2) is 4.87. The van der Waals surface area contributed by atoms with Crippen LogP contribution in [0.3, 0.4) is 0 Å². The summed E-state index contributed by atoms with van der Waals surface area (Å²) in [5.74, 6) is 0. The Morgan fingerprint density at radius 3 is 2.67 bits per heavy atom. The van der Waals surface area contributed by atoms with Crippen LogP contribution in [0.25, 0.3) is 0 Å². The van der Waals surface area contributed by atoms with Crippen molar-refractivity contribution in [1.29, 1.82) is 5.26 Å². The Morgan fingerprint density at radius 1 is 1.50 bits per heavy atom. The molecule has 1 aromatic heterocycles. The maximum atomic E-state index is 12.7. The summed E-state index contributed by atoms with van der Waals surface area (Å²) in [6, 6.07) is 3.54. The predicted molar refractivity (Wildman–Crippen MR) is 71.5 cm³/mol. The van der Waals surface area contributed by atoms with E-state index in [1.807, 2.05) is 6.07 Å². The molecular formula is C12H14ClN3OS. The number of hydrogen-bond donors (Lipinski definition) is 0. The highest BCUT2D eigenvalue weighted by atomic mass is 35.5. The average Bonchev–Trinajstić information content (AvgIpc) is 2.80. The van der Waals surface area contributed by atoms with E-state index in [9.17, 15) is 4.21 Å². The Kier molecular flexibility index (Phi) is 3.60. The van der Waals surface area contributed by atoms with Gasteiger partial charge in [0.25, 0.3) is 0 Å². The lowest BCUT2D eigenvalue weighted by Crippen LogP contribution is -2.31. The summed E-state index contributed by atoms with van der Waals surface area (Å²) in [6.07, 6.45) is 8.45. The van der Waals surface area contributed by atoms with Crippen LogP contribution >= 0.6 is 11.6 Å². The van der Waals surface area contributed by atoms with E-state index in [0.29, 0.717) is 5.15 Å². The van der Waals surface area contributed by atoms with E-state index in [0.717, 1.165) is 31.2 Å². The molecule has 96 valence electrons. The van der Waals surface area contributed by atoms with Gasteiger partial charge in [-0.25, -0.2) is 9.19 Å². The number of nitriles is 1. The molecule has 2 rings (SSSR count). The molecule has 1 saturated carbocycles. The molecule has 1 fully saturated rings. The van der Waals surface area contributed by atoms with E-state index in [1.165, 1.54) is 0 Å². The van der Waals surface area contributed by atoms with Crippen molar-refractivity contribution in [3.8, 4) is 6.19 Å². The average molecular weight is 284 g/mol. The van der Waals surface area contributed by atoms with Crippen molar-refractivity contribution in [3.63, 3.8) is 0 Å². The maximum absolute atomic E-state index is 12.7. The molecule has 1 unspecified atom stereocenters. The Hall–Kier alpha value is -1.12. The molecule has 18 heavy (non-hydrogen) atoms. The first kappa shape index (κ1) is 13.3. The fourth-order valence-corrected chi connectivity index (χ4v) is 4.69. The molecule has 0 spiro atoms. The number of pyridine rings is 1. The van der Waals surface area contributed by atoms with Gasteiger partial charge in [-0.1, -0.05) is 30.5 Å². The number of hydrogen-bond acceptors (Lipinski definition) is 4. The van der Waals surface area contributed by atoms with Gasteiger partial charge in [-0.2, -0.15) is 5.26 Å². The molecule has 0 aliphatic heterocycles. The molecule has 4 nitrogen and oxygen atoms in total. The van der Waals surface area contributed by atoms with Crippen LogP contribution in [0.15, 0.2) is 22.7 Å². The summed E-state index contributed by atoms with van der Waals surface area (Å²) in [5, 5.41) is 9.14. The van der Waals surface area contributed by atoms with E-state index in [1.54, 1.807) is 24.7 Å². The van der Waals surface area contributed by atoms with Crippen molar-refractivity contribution in [2.45, 2.75) is 30.4 Å². The highest BCUT2D eigenvalue weighted by Crippen LogP contribution is 2.45. The molecule has 0 saturated heterocycles. The first-order valence-electron chi connectivity index (χ1n) is 5.74. The Morgan fingerprint density at radius 2 is 2.17 bits per heavy atom. The van der Waals surface area contributed by atoms with E-state index in [4.69, 9.17) is 16.9 Å². The zero-order chi connectivity index (χ0) is 13.2. The lowest BCUT2D eigenvalue weighted by molar-refractivity contribution is 0.586. The summed E-state index contributed by atoms with van der Waals surface area (Å²) in [6.45, 7) is 0. The number of halogens is 1. The topological polar surface area (TPSA) is 66.1 Å². The van der Waals surface area contributed by atoms with Gasteiger partial charge >= 0.3 is 0 Å². The predicted octanol–water partition coefficient (Wildman–Crippen LogP) is 3.08. The molecule has 1 heterocycles. The monoisotopic (exact) mass is 283 g/mol. The van der Waals surface area contributed by atoms with Crippen LogP contribution in [0.1, 0.15) is 31.2 Å². The fourth-order valence-electron chi connectivity index (χ4n) is 2.64. The third kappa shape index (κ3) is 2.11. The Balaban J connectivity index is 2.60. The van der Waals surface area contributed by atoms with Crippen molar-refractivity contribution in [2.75, 3.05) is 6.26 Å². The molecule has 0 aromatic carbocycles. The number of rotatable bonds is 2. The van der Waals surface area contributed by atoms with Gasteiger partial charge < -0.3 is 0 Å². The van der Waals surface area contributed by atoms with Crippen LogP contribution in [0.4, 0.5) is 0 Å². The number of aromatic nitrogens is 1. The maximum Gasteiger partial charge on any atom is 0.214 e. The summed E-state index contributed by atoms with van der Waals surface area (Å²) < 4.78 is 15.9. The quantitative estimate of drug-likeness (QED) is 0.619. The second-order valence-corrected chi connectivity index (χ2v) is 7.52. The van der Waals surface area contributed by atoms with Gasteiger partial charge in [0.15, 0.2) is 0 Å². The molecule has 1 aromatic rings. The molecule has 6 heteroatoms. The van der Waals surface area contributed by atoms with Crippen LogP contribution in [-0.4, -0.2) is 15.4 Å². The standard InChI is InChI=1S/C12H14ClN3OS/c1-18(17,16-9-14)12(6-2-3-7-12)10-4-5-11(13)15-8-10/h4-5,8H,2-3,6-7H2,1H3. The second-order valence-electron chi connectivity index (χ2n) is 4.56. The van der Waals surface area contributed by atoms with E-state index >= 15 is 0 Å². The molecule has 0 radical (unpaired) electrons. The lowest BCUT2D eigenvalue weighted by atomic mass is 9.98. The van der Waals surface area contributed by atoms with Gasteiger partial charge in [0.2, 0.25) is 6.19 Å². The fraction of sp³-hybridized carbons (Fsp3) is 0.500. The van der Waals surface area contributed by atoms with Gasteiger partial charge in [-0.3, -0.25) is 0 Å². The zero-order valence-electron chi connectivity index (χ0n) is 10.1. The van der Waals surface area contributed by atoms with Crippen LogP contribution in [-0.2, 0) is 14.5 Å². The van der Waals surface area contributed by atoms with Crippen LogP contribution in [0.2, 0.25) is 5.15 Å². The zero-order valence-corrected chi connectivity index (χ0v) is 11.7. The third-order valence-corrected chi connectivity index (χ3v) is 6.35. The highest BCUT2D eigenvalue weighted by molar-refractivity contribution is 7.94. The minimum Gasteiger partial charge on any atom is -0.248 e. The molecule has 0 bridgehead atoms. The van der Waals surface area contributed by atoms with Gasteiger partial charge in [0.05, 0.1) is 14.5 Å². The van der Waals surface area contributed by atoms with Crippen LogP contribution in [0, 0.1) is 11.5 Å². The van der Waals surface area contributed by atoms with E-state index in [2.05, 4.69) is 9.35 Å². The third-order valence-electron chi connectivity index (χ3n) is 3.60. The van der Waals surface area contributed by atoms with Gasteiger partial charge in [0, 0.05) is 12.5 Å². The lowest BCUT2D eigenvalue weighted by Gasteiger charge is -2.29. The summed E-state index contributed by atoms with van der Waals surface area (Å²) in [7, 11) is -2.61. The largest absolute Gasteiger partial charge is 0.248 e. The summed E-state index contributed by atoms with van der Waals surface area (Å²) >= 11 is 5.78. The van der Waals surface area contributed by atoms with Crippen molar-refractivity contribution in [1.82, 2.24) is 4.98 Å². The van der Waals surface area contributed by atoms with Gasteiger partial charge in [-0.05, 0) is 24.5 Å². The molecule has 1 atom stereocenters. The van der Waals surface area contributed by atoms with Crippen molar-refractivity contribution in [2.24, 2.45) is 4.36 Å². The van der Waals surface area contributed by atoms with Gasteiger partial charge in [0.1, 0.15) is 5.15 Å². The molecular weight excluding hydrogens is 270 g/mol. The van der Waals surface area contributed by atoms with Crippen molar-refractivity contribution in [3.05, 3.63) is 29.0 Å². The minimum atomic E-state index is -2.61.